The molecule has 3 heteroatoms. The van der Waals surface area contributed by atoms with Crippen LogP contribution in [0.15, 0.2) is 29.6 Å². The van der Waals surface area contributed by atoms with Crippen LogP contribution in [-0.2, 0) is 12.3 Å². The van der Waals surface area contributed by atoms with Gasteiger partial charge in [0.2, 0.25) is 0 Å². The topological polar surface area (TPSA) is 12.9 Å². The largest absolute Gasteiger partial charge is 0.244 e. The van der Waals surface area contributed by atoms with Gasteiger partial charge in [0.15, 0.2) is 0 Å². The molecule has 2 aromatic rings. The summed E-state index contributed by atoms with van der Waals surface area (Å²) in [4.78, 5) is 4.60. The van der Waals surface area contributed by atoms with Crippen molar-refractivity contribution < 1.29 is 0 Å². The fourth-order valence-electron chi connectivity index (χ4n) is 2.36. The number of rotatable bonds is 2. The van der Waals surface area contributed by atoms with E-state index in [2.05, 4.69) is 34.6 Å². The van der Waals surface area contributed by atoms with Crippen LogP contribution in [0.3, 0.4) is 0 Å². The SMILES string of the molecule is ClCc1csc(C2CCc3ccccc32)n1. The van der Waals surface area contributed by atoms with E-state index in [1.807, 2.05) is 0 Å². The molecule has 0 saturated carbocycles. The molecule has 0 bridgehead atoms. The van der Waals surface area contributed by atoms with Gasteiger partial charge in [0.1, 0.15) is 5.01 Å². The minimum atomic E-state index is 0.498. The van der Waals surface area contributed by atoms with Crippen LogP contribution in [-0.4, -0.2) is 4.98 Å². The molecule has 1 heterocycles. The van der Waals surface area contributed by atoms with Crippen LogP contribution < -0.4 is 0 Å². The number of aryl methyl sites for hydroxylation is 1. The summed E-state index contributed by atoms with van der Waals surface area (Å²) in [5.41, 5.74) is 3.94. The van der Waals surface area contributed by atoms with E-state index in [9.17, 15) is 0 Å². The van der Waals surface area contributed by atoms with Crippen LogP contribution in [0.1, 0.15) is 34.2 Å². The summed E-state index contributed by atoms with van der Waals surface area (Å²) in [7, 11) is 0. The molecule has 1 unspecified atom stereocenters. The van der Waals surface area contributed by atoms with Gasteiger partial charge >= 0.3 is 0 Å². The smallest absolute Gasteiger partial charge is 0.100 e. The molecule has 0 spiro atoms. The number of hydrogen-bond acceptors (Lipinski definition) is 2. The molecule has 0 saturated heterocycles. The zero-order valence-corrected chi connectivity index (χ0v) is 10.4. The summed E-state index contributed by atoms with van der Waals surface area (Å²) in [6.07, 6.45) is 2.37. The lowest BCUT2D eigenvalue weighted by Crippen LogP contribution is -1.95. The van der Waals surface area contributed by atoms with Crippen molar-refractivity contribution in [2.45, 2.75) is 24.6 Å². The Bertz CT molecular complexity index is 506. The van der Waals surface area contributed by atoms with Crippen LogP contribution in [0.4, 0.5) is 0 Å². The molecule has 16 heavy (non-hydrogen) atoms. The van der Waals surface area contributed by atoms with Crippen molar-refractivity contribution in [1.82, 2.24) is 4.98 Å². The summed E-state index contributed by atoms with van der Waals surface area (Å²) in [6.45, 7) is 0. The predicted octanol–water partition coefficient (Wildman–Crippen LogP) is 3.96. The highest BCUT2D eigenvalue weighted by atomic mass is 35.5. The van der Waals surface area contributed by atoms with Crippen molar-refractivity contribution in [2.75, 3.05) is 0 Å². The van der Waals surface area contributed by atoms with Gasteiger partial charge in [-0.1, -0.05) is 24.3 Å². The normalized spacial score (nSPS) is 18.7. The maximum atomic E-state index is 5.79. The highest BCUT2D eigenvalue weighted by molar-refractivity contribution is 7.09. The molecule has 0 aliphatic heterocycles. The Labute approximate surface area is 104 Å². The van der Waals surface area contributed by atoms with Crippen molar-refractivity contribution in [3.8, 4) is 0 Å². The van der Waals surface area contributed by atoms with Crippen LogP contribution >= 0.6 is 22.9 Å². The van der Waals surface area contributed by atoms with E-state index >= 15 is 0 Å². The number of benzene rings is 1. The van der Waals surface area contributed by atoms with Crippen molar-refractivity contribution in [3.63, 3.8) is 0 Å². The van der Waals surface area contributed by atoms with E-state index in [0.717, 1.165) is 5.69 Å². The van der Waals surface area contributed by atoms with Crippen molar-refractivity contribution >= 4 is 22.9 Å². The van der Waals surface area contributed by atoms with Gasteiger partial charge in [-0.3, -0.25) is 0 Å². The third kappa shape index (κ3) is 1.66. The predicted molar refractivity (Wildman–Crippen MR) is 68.3 cm³/mol. The Morgan fingerprint density at radius 1 is 1.38 bits per heavy atom. The maximum Gasteiger partial charge on any atom is 0.100 e. The van der Waals surface area contributed by atoms with E-state index in [-0.39, 0.29) is 0 Å². The minimum Gasteiger partial charge on any atom is -0.244 e. The highest BCUT2D eigenvalue weighted by Gasteiger charge is 2.25. The highest BCUT2D eigenvalue weighted by Crippen LogP contribution is 2.39. The quantitative estimate of drug-likeness (QED) is 0.735. The zero-order valence-electron chi connectivity index (χ0n) is 8.82. The first-order valence-corrected chi connectivity index (χ1v) is 6.88. The minimum absolute atomic E-state index is 0.498. The first kappa shape index (κ1) is 10.3. The lowest BCUT2D eigenvalue weighted by atomic mass is 10.0. The average molecular weight is 250 g/mol. The Kier molecular flexibility index (Phi) is 2.70. The van der Waals surface area contributed by atoms with Crippen molar-refractivity contribution in [3.05, 3.63) is 51.5 Å². The molecule has 0 N–H and O–H groups in total. The van der Waals surface area contributed by atoms with Gasteiger partial charge in [-0.15, -0.1) is 22.9 Å². The van der Waals surface area contributed by atoms with E-state index < -0.39 is 0 Å². The molecule has 1 aliphatic rings. The molecule has 0 radical (unpaired) electrons. The van der Waals surface area contributed by atoms with Crippen LogP contribution in [0.2, 0.25) is 0 Å². The molecule has 3 rings (SSSR count). The molecule has 0 fully saturated rings. The summed E-state index contributed by atoms with van der Waals surface area (Å²) in [6, 6.07) is 8.70. The van der Waals surface area contributed by atoms with Gasteiger partial charge in [0.25, 0.3) is 0 Å². The monoisotopic (exact) mass is 249 g/mol. The molecule has 0 amide bonds. The molecule has 1 aromatic heterocycles. The van der Waals surface area contributed by atoms with Gasteiger partial charge < -0.3 is 0 Å². The van der Waals surface area contributed by atoms with Crippen LogP contribution in [0, 0.1) is 0 Å². The van der Waals surface area contributed by atoms with E-state index in [0.29, 0.717) is 11.8 Å². The maximum absolute atomic E-state index is 5.79. The van der Waals surface area contributed by atoms with Gasteiger partial charge in [0.05, 0.1) is 11.6 Å². The fourth-order valence-corrected chi connectivity index (χ4v) is 3.56. The number of nitrogens with zero attached hydrogens (tertiary/aromatic N) is 1. The number of halogens is 1. The second-order valence-electron chi connectivity index (χ2n) is 4.10. The first-order valence-electron chi connectivity index (χ1n) is 5.46. The van der Waals surface area contributed by atoms with Gasteiger partial charge in [-0.05, 0) is 24.0 Å². The van der Waals surface area contributed by atoms with Crippen LogP contribution in [0.5, 0.6) is 0 Å². The van der Waals surface area contributed by atoms with Gasteiger partial charge in [0, 0.05) is 11.3 Å². The van der Waals surface area contributed by atoms with Crippen molar-refractivity contribution in [2.24, 2.45) is 0 Å². The molecular weight excluding hydrogens is 238 g/mol. The molecule has 1 aromatic carbocycles. The third-order valence-electron chi connectivity index (χ3n) is 3.14. The molecule has 1 aliphatic carbocycles. The number of hydrogen-bond donors (Lipinski definition) is 0. The number of thiazole rings is 1. The number of fused-ring (bicyclic) bond motifs is 1. The fraction of sp³-hybridized carbons (Fsp3) is 0.308. The lowest BCUT2D eigenvalue weighted by molar-refractivity contribution is 0.777. The number of aromatic nitrogens is 1. The van der Waals surface area contributed by atoms with E-state index in [4.69, 9.17) is 11.6 Å². The molecule has 1 atom stereocenters. The summed E-state index contributed by atoms with van der Waals surface area (Å²) in [5.74, 6) is 1.02. The Morgan fingerprint density at radius 2 is 2.25 bits per heavy atom. The molecular formula is C13H12ClNS. The molecule has 1 nitrogen and oxygen atoms in total. The van der Waals surface area contributed by atoms with Crippen LogP contribution in [0.25, 0.3) is 0 Å². The Hall–Kier alpha value is -0.860. The second kappa shape index (κ2) is 4.19. The first-order chi connectivity index (χ1) is 7.88. The summed E-state index contributed by atoms with van der Waals surface area (Å²) >= 11 is 7.53. The molecule has 82 valence electrons. The standard InChI is InChI=1S/C13H12ClNS/c14-7-10-8-16-13(15-10)12-6-5-9-3-1-2-4-11(9)12/h1-4,8,12H,5-7H2. The third-order valence-corrected chi connectivity index (χ3v) is 4.42. The zero-order chi connectivity index (χ0) is 11.0. The van der Waals surface area contributed by atoms with E-state index in [1.165, 1.54) is 29.0 Å². The lowest BCUT2D eigenvalue weighted by Gasteiger charge is -2.07. The van der Waals surface area contributed by atoms with Crippen molar-refractivity contribution in [1.29, 1.82) is 0 Å². The Balaban J connectivity index is 1.98. The summed E-state index contributed by atoms with van der Waals surface area (Å²) < 4.78 is 0. The Morgan fingerprint density at radius 3 is 3.06 bits per heavy atom. The average Bonchev–Trinajstić information content (AvgIpc) is 2.94. The van der Waals surface area contributed by atoms with E-state index in [1.54, 1.807) is 11.3 Å². The van der Waals surface area contributed by atoms with Gasteiger partial charge in [-0.25, -0.2) is 4.98 Å². The second-order valence-corrected chi connectivity index (χ2v) is 5.26. The number of alkyl halides is 1. The summed E-state index contributed by atoms with van der Waals surface area (Å²) in [5, 5.41) is 3.30. The van der Waals surface area contributed by atoms with Gasteiger partial charge in [-0.2, -0.15) is 0 Å².